The summed E-state index contributed by atoms with van der Waals surface area (Å²) >= 11 is 0. The van der Waals surface area contributed by atoms with Gasteiger partial charge in [0.1, 0.15) is 5.76 Å². The van der Waals surface area contributed by atoms with Crippen LogP contribution in [-0.4, -0.2) is 32.1 Å². The van der Waals surface area contributed by atoms with Crippen LogP contribution in [0.3, 0.4) is 0 Å². The highest BCUT2D eigenvalue weighted by molar-refractivity contribution is 6.70. The lowest BCUT2D eigenvalue weighted by Gasteiger charge is -2.24. The molecule has 0 unspecified atom stereocenters. The topological polar surface area (TPSA) is 36.9 Å². The monoisotopic (exact) mass is 374 g/mol. The second-order valence-electron chi connectivity index (χ2n) is 8.32. The number of rotatable bonds is 9. The number of hydrogen-bond donors (Lipinski definition) is 0. The summed E-state index contributed by atoms with van der Waals surface area (Å²) in [6, 6.07) is 0. The summed E-state index contributed by atoms with van der Waals surface area (Å²) in [7, 11) is -3.63. The Morgan fingerprint density at radius 2 is 1.13 bits per heavy atom. The fourth-order valence-electron chi connectivity index (χ4n) is 1.58. The minimum absolute atomic E-state index is 0.467. The molecule has 0 amide bonds. The van der Waals surface area contributed by atoms with Crippen molar-refractivity contribution >= 4 is 25.0 Å². The van der Waals surface area contributed by atoms with Crippen molar-refractivity contribution in [2.24, 2.45) is 0 Å². The molecule has 0 spiro atoms. The molecule has 4 nitrogen and oxygen atoms in total. The van der Waals surface area contributed by atoms with E-state index in [0.29, 0.717) is 17.5 Å². The Labute approximate surface area is 145 Å². The largest absolute Gasteiger partial charge is 0.545 e. The molecule has 7 heteroatoms. The van der Waals surface area contributed by atoms with Crippen molar-refractivity contribution in [2.45, 2.75) is 58.9 Å². The van der Waals surface area contributed by atoms with Gasteiger partial charge in [-0.05, 0) is 58.9 Å². The predicted molar refractivity (Wildman–Crippen MR) is 106 cm³/mol. The second kappa shape index (κ2) is 8.25. The first kappa shape index (κ1) is 22.1. The highest BCUT2D eigenvalue weighted by atomic mass is 28.4. The summed E-state index contributed by atoms with van der Waals surface area (Å²) in [6.07, 6.45) is 3.61. The van der Waals surface area contributed by atoms with Crippen LogP contribution in [0.15, 0.2) is 36.2 Å². The molecule has 0 aromatic heterocycles. The van der Waals surface area contributed by atoms with Crippen LogP contribution >= 0.6 is 0 Å². The van der Waals surface area contributed by atoms with E-state index >= 15 is 0 Å². The molecule has 0 saturated heterocycles. The van der Waals surface area contributed by atoms with Gasteiger partial charge in [0.2, 0.25) is 25.0 Å². The molecule has 0 saturated carbocycles. The Bertz CT molecular complexity index is 463. The Hall–Kier alpha value is -0.929. The molecule has 0 aromatic rings. The molecule has 0 bridgehead atoms. The van der Waals surface area contributed by atoms with E-state index in [1.54, 1.807) is 13.2 Å². The van der Waals surface area contributed by atoms with Gasteiger partial charge in [0.25, 0.3) is 5.95 Å². The van der Waals surface area contributed by atoms with Gasteiger partial charge in [0, 0.05) is 6.08 Å². The highest BCUT2D eigenvalue weighted by Gasteiger charge is 2.22. The van der Waals surface area contributed by atoms with Crippen molar-refractivity contribution in [3.8, 4) is 0 Å². The second-order valence-corrected chi connectivity index (χ2v) is 21.6. The molecule has 23 heavy (non-hydrogen) atoms. The maximum atomic E-state index is 6.12. The van der Waals surface area contributed by atoms with Crippen molar-refractivity contribution in [2.75, 3.05) is 7.11 Å². The van der Waals surface area contributed by atoms with E-state index in [-0.39, 0.29) is 0 Å². The third kappa shape index (κ3) is 13.2. The number of hydrogen-bond acceptors (Lipinski definition) is 4. The van der Waals surface area contributed by atoms with Crippen molar-refractivity contribution in [3.05, 3.63) is 36.2 Å². The fraction of sp³-hybridized carbons (Fsp3) is 0.625. The molecular weight excluding hydrogens is 340 g/mol. The number of ether oxygens (including phenoxy) is 1. The zero-order chi connectivity index (χ0) is 18.5. The van der Waals surface area contributed by atoms with E-state index in [4.69, 9.17) is 18.0 Å². The molecule has 0 heterocycles. The van der Waals surface area contributed by atoms with Crippen molar-refractivity contribution in [1.82, 2.24) is 0 Å². The Kier molecular flexibility index (Phi) is 7.92. The smallest absolute Gasteiger partial charge is 0.268 e. The van der Waals surface area contributed by atoms with Gasteiger partial charge in [-0.15, -0.1) is 0 Å². The lowest BCUT2D eigenvalue weighted by Crippen LogP contribution is -2.27. The Morgan fingerprint density at radius 1 is 0.696 bits per heavy atom. The van der Waals surface area contributed by atoms with Crippen LogP contribution in [0.1, 0.15) is 0 Å². The molecule has 134 valence electrons. The van der Waals surface area contributed by atoms with Gasteiger partial charge in [-0.3, -0.25) is 0 Å². The molecule has 0 aliphatic heterocycles. The highest BCUT2D eigenvalue weighted by Crippen LogP contribution is 2.20. The maximum absolute atomic E-state index is 6.12. The fourth-order valence-corrected chi connectivity index (χ4v) is 4.00. The van der Waals surface area contributed by atoms with E-state index in [9.17, 15) is 0 Å². The van der Waals surface area contributed by atoms with E-state index < -0.39 is 25.0 Å². The van der Waals surface area contributed by atoms with Crippen LogP contribution in [0, 0.1) is 0 Å². The van der Waals surface area contributed by atoms with Crippen LogP contribution in [0.25, 0.3) is 0 Å². The lowest BCUT2D eigenvalue weighted by molar-refractivity contribution is 0.145. The summed E-state index contributed by atoms with van der Waals surface area (Å²) in [4.78, 5) is 0. The van der Waals surface area contributed by atoms with Gasteiger partial charge in [0.05, 0.1) is 18.9 Å². The average molecular weight is 375 g/mol. The minimum Gasteiger partial charge on any atom is -0.545 e. The van der Waals surface area contributed by atoms with Gasteiger partial charge >= 0.3 is 0 Å². The molecule has 0 N–H and O–H groups in total. The van der Waals surface area contributed by atoms with E-state index in [2.05, 4.69) is 65.5 Å². The Balaban J connectivity index is 5.48. The molecule has 0 radical (unpaired) electrons. The summed E-state index contributed by atoms with van der Waals surface area (Å²) in [5.74, 6) is 1.74. The first-order valence-electron chi connectivity index (χ1n) is 7.85. The van der Waals surface area contributed by atoms with Crippen molar-refractivity contribution < 1.29 is 18.0 Å². The quantitative estimate of drug-likeness (QED) is 0.306. The van der Waals surface area contributed by atoms with Crippen LogP contribution < -0.4 is 0 Å². The zero-order valence-corrected chi connectivity index (χ0v) is 19.5. The molecule has 0 aliphatic carbocycles. The van der Waals surface area contributed by atoms with Gasteiger partial charge in [0.15, 0.2) is 0 Å². The van der Waals surface area contributed by atoms with Crippen LogP contribution in [-0.2, 0) is 18.0 Å². The van der Waals surface area contributed by atoms with Gasteiger partial charge in [-0.1, -0.05) is 6.58 Å². The first-order valence-corrected chi connectivity index (χ1v) is 18.1. The lowest BCUT2D eigenvalue weighted by atomic mass is 10.4. The van der Waals surface area contributed by atoms with E-state index in [0.717, 1.165) is 0 Å². The third-order valence-corrected chi connectivity index (χ3v) is 4.57. The minimum atomic E-state index is -1.78. The third-order valence-electron chi connectivity index (χ3n) is 2.03. The molecular formula is C16H34O4Si3. The van der Waals surface area contributed by atoms with E-state index in [1.165, 1.54) is 0 Å². The molecule has 0 aromatic carbocycles. The molecule has 0 fully saturated rings. The normalized spacial score (nSPS) is 14.3. The van der Waals surface area contributed by atoms with Gasteiger partial charge in [-0.25, -0.2) is 0 Å². The standard InChI is InChI=1S/C16H34O4Si3/c1-14(18-21(3,4)5)12-15(19-22(6,7)8)13-16(17-2)20-23(9,10)11/h12-13H,1H2,2-11H3. The van der Waals surface area contributed by atoms with Crippen LogP contribution in [0.2, 0.25) is 58.9 Å². The number of allylic oxidation sites excluding steroid dienone is 2. The van der Waals surface area contributed by atoms with Gasteiger partial charge < -0.3 is 18.0 Å². The van der Waals surface area contributed by atoms with E-state index in [1.807, 2.05) is 6.08 Å². The summed E-state index contributed by atoms with van der Waals surface area (Å²) < 4.78 is 23.3. The van der Waals surface area contributed by atoms with Crippen LogP contribution in [0.4, 0.5) is 0 Å². The first-order chi connectivity index (χ1) is 10.1. The maximum Gasteiger partial charge on any atom is 0.268 e. The average Bonchev–Trinajstić information content (AvgIpc) is 2.20. The molecule has 0 rings (SSSR count). The van der Waals surface area contributed by atoms with Gasteiger partial charge in [-0.2, -0.15) is 0 Å². The SMILES string of the molecule is C=C(C=C(C=C(OC)O[Si](C)(C)C)O[Si](C)(C)C)O[Si](C)(C)C. The van der Waals surface area contributed by atoms with Crippen LogP contribution in [0.5, 0.6) is 0 Å². The molecule has 0 aliphatic rings. The predicted octanol–water partition coefficient (Wildman–Crippen LogP) is 5.43. The van der Waals surface area contributed by atoms with Crippen molar-refractivity contribution in [3.63, 3.8) is 0 Å². The van der Waals surface area contributed by atoms with Crippen molar-refractivity contribution in [1.29, 1.82) is 0 Å². The molecule has 0 atom stereocenters. The summed E-state index contributed by atoms with van der Waals surface area (Å²) in [5.41, 5.74) is 0. The zero-order valence-electron chi connectivity index (χ0n) is 16.5. The number of methoxy groups -OCH3 is 1. The summed E-state index contributed by atoms with van der Waals surface area (Å²) in [5, 5.41) is 0. The Morgan fingerprint density at radius 3 is 1.48 bits per heavy atom. The summed E-state index contributed by atoms with van der Waals surface area (Å²) in [6.45, 7) is 23.1.